The molecule has 17 nitrogen and oxygen atoms in total. The quantitative estimate of drug-likeness (QED) is 0.0872. The fourth-order valence-corrected chi connectivity index (χ4v) is 13.0. The molecule has 3 aromatic carbocycles. The van der Waals surface area contributed by atoms with Crippen LogP contribution in [0, 0.1) is 15.5 Å². The molecular formula is C52H62N10O7S. The van der Waals surface area contributed by atoms with E-state index in [1.165, 1.54) is 42.9 Å². The number of amides is 1. The van der Waals surface area contributed by atoms with E-state index in [1.54, 1.807) is 12.3 Å². The standard InChI is InChI=1S/C52H62N10O7S/c1-33(2)40-8-5-6-9-41(40)43-10-7-17-60(43)38-28-52(29-38)14-18-59(19-15-52)37-11-12-42(44(25-37)61-30-34(3)69-51-46(61)24-35-13-16-53-49(35)55-51)50(63)56-70(66,67)39-26-45(62(64)65)48-47(27-39)68-32-36(54-48)31-58-22-20-57(4)21-23-58/h5-6,8-9,11-13,16,24-27,34,36,38,43,54H,1,7,10,14-15,17-23,28-32H2,2-4H3,(H,53,55)(H,56,63)/t34-,36-,43+/m1/s1. The second-order valence-corrected chi connectivity index (χ2v) is 22.2. The predicted molar refractivity (Wildman–Crippen MR) is 271 cm³/mol. The lowest BCUT2D eigenvalue weighted by molar-refractivity contribution is -0.384. The van der Waals surface area contributed by atoms with E-state index in [9.17, 15) is 23.3 Å². The van der Waals surface area contributed by atoms with E-state index in [2.05, 4.69) is 79.4 Å². The second kappa shape index (κ2) is 18.2. The van der Waals surface area contributed by atoms with Crippen molar-refractivity contribution in [2.75, 3.05) is 87.7 Å². The number of nitro benzene ring substituents is 1. The number of carbonyl (C=O) groups excluding carboxylic acids is 1. The van der Waals surface area contributed by atoms with Gasteiger partial charge in [-0.05, 0) is 113 Å². The number of hydrogen-bond donors (Lipinski definition) is 3. The average molecular weight is 971 g/mol. The number of aromatic nitrogens is 2. The van der Waals surface area contributed by atoms with Crippen molar-refractivity contribution < 1.29 is 27.6 Å². The predicted octanol–water partition coefficient (Wildman–Crippen LogP) is 7.55. The number of likely N-dealkylation sites (N-methyl/N-ethyl adjacent to an activating group) is 1. The fourth-order valence-electron chi connectivity index (χ4n) is 12.0. The van der Waals surface area contributed by atoms with Gasteiger partial charge in [-0.15, -0.1) is 0 Å². The minimum atomic E-state index is -4.66. The molecule has 2 aromatic heterocycles. The Hall–Kier alpha value is -6.21. The number of anilines is 4. The SMILES string of the molecule is C=C(C)c1ccccc1[C@@H]1CCCN1C1CC2(CCN(c3ccc(C(=O)NS(=O)(=O)c4cc5c(c([N+](=O)[O-])c4)N[C@H](CN4CCN(C)CC4)CO5)c(N4C[C@@H](C)Oc5nc6[nH]ccc6cc54)c3)CC2)C1. The molecule has 1 saturated carbocycles. The van der Waals surface area contributed by atoms with Crippen molar-refractivity contribution in [2.45, 2.75) is 81.5 Å². The van der Waals surface area contributed by atoms with Gasteiger partial charge in [0.25, 0.3) is 21.6 Å². The van der Waals surface area contributed by atoms with Gasteiger partial charge in [0, 0.05) is 87.3 Å². The number of ether oxygens (including phenoxy) is 2. The van der Waals surface area contributed by atoms with Crippen LogP contribution in [0.5, 0.6) is 11.6 Å². The summed E-state index contributed by atoms with van der Waals surface area (Å²) in [5.41, 5.74) is 6.57. The van der Waals surface area contributed by atoms with Gasteiger partial charge < -0.3 is 34.5 Å². The number of rotatable bonds is 11. The van der Waals surface area contributed by atoms with Crippen LogP contribution in [-0.2, 0) is 10.0 Å². The van der Waals surface area contributed by atoms with Crippen molar-refractivity contribution in [1.82, 2.24) is 29.4 Å². The number of pyridine rings is 1. The number of nitrogens with zero attached hydrogens (tertiary/aromatic N) is 7. The summed E-state index contributed by atoms with van der Waals surface area (Å²) >= 11 is 0. The molecule has 7 heterocycles. The van der Waals surface area contributed by atoms with E-state index < -0.39 is 31.4 Å². The molecule has 0 bridgehead atoms. The van der Waals surface area contributed by atoms with Crippen molar-refractivity contribution in [3.05, 3.63) is 106 Å². The first kappa shape index (κ1) is 46.2. The molecule has 3 atom stereocenters. The van der Waals surface area contributed by atoms with Crippen LogP contribution < -0.4 is 29.3 Å². The summed E-state index contributed by atoms with van der Waals surface area (Å²) in [7, 11) is -2.58. The van der Waals surface area contributed by atoms with Gasteiger partial charge in [-0.2, -0.15) is 4.98 Å². The van der Waals surface area contributed by atoms with Gasteiger partial charge in [-0.3, -0.25) is 24.7 Å². The molecule has 18 heteroatoms. The number of benzene rings is 3. The highest BCUT2D eigenvalue weighted by Gasteiger charge is 2.50. The number of nitro groups is 1. The van der Waals surface area contributed by atoms with Gasteiger partial charge in [0.1, 0.15) is 24.0 Å². The Balaban J connectivity index is 0.845. The summed E-state index contributed by atoms with van der Waals surface area (Å²) in [4.78, 5) is 45.6. The lowest BCUT2D eigenvalue weighted by atomic mass is 9.59. The molecule has 11 rings (SSSR count). The first-order valence-corrected chi connectivity index (χ1v) is 26.2. The largest absolute Gasteiger partial charge is 0.489 e. The van der Waals surface area contributed by atoms with Gasteiger partial charge >= 0.3 is 0 Å². The van der Waals surface area contributed by atoms with Crippen LogP contribution >= 0.6 is 0 Å². The smallest absolute Gasteiger partial charge is 0.297 e. The molecular weight excluding hydrogens is 909 g/mol. The first-order valence-electron chi connectivity index (χ1n) is 24.7. The summed E-state index contributed by atoms with van der Waals surface area (Å²) < 4.78 is 43.0. The van der Waals surface area contributed by atoms with Crippen molar-refractivity contribution >= 4 is 61.0 Å². The Morgan fingerprint density at radius 2 is 1.77 bits per heavy atom. The minimum absolute atomic E-state index is 0.0366. The maximum Gasteiger partial charge on any atom is 0.297 e. The van der Waals surface area contributed by atoms with Crippen molar-refractivity contribution in [3.8, 4) is 11.6 Å². The number of likely N-dealkylation sites (tertiary alicyclic amines) is 1. The molecule has 1 amide bonds. The van der Waals surface area contributed by atoms with Crippen LogP contribution in [0.1, 0.15) is 79.9 Å². The monoisotopic (exact) mass is 970 g/mol. The number of sulfonamides is 1. The second-order valence-electron chi connectivity index (χ2n) is 20.5. The number of H-pyrrole nitrogens is 1. The van der Waals surface area contributed by atoms with Crippen LogP contribution in [0.15, 0.2) is 84.4 Å². The highest BCUT2D eigenvalue weighted by atomic mass is 32.2. The zero-order chi connectivity index (χ0) is 48.5. The third kappa shape index (κ3) is 8.72. The summed E-state index contributed by atoms with van der Waals surface area (Å²) in [5.74, 6) is -0.454. The molecule has 6 aliphatic rings. The summed E-state index contributed by atoms with van der Waals surface area (Å²) in [5, 5.41) is 16.6. The van der Waals surface area contributed by atoms with Gasteiger partial charge in [-0.25, -0.2) is 13.1 Å². The number of carbonyl (C=O) groups is 1. The van der Waals surface area contributed by atoms with Crippen LogP contribution in [0.25, 0.3) is 16.6 Å². The maximum absolute atomic E-state index is 14.6. The maximum atomic E-state index is 14.6. The Morgan fingerprint density at radius 1 is 0.986 bits per heavy atom. The molecule has 1 aliphatic carbocycles. The minimum Gasteiger partial charge on any atom is -0.489 e. The van der Waals surface area contributed by atoms with E-state index in [-0.39, 0.29) is 41.2 Å². The third-order valence-electron chi connectivity index (χ3n) is 15.8. The number of piperazine rings is 1. The molecule has 0 unspecified atom stereocenters. The first-order chi connectivity index (χ1) is 33.7. The Kier molecular flexibility index (Phi) is 12.0. The van der Waals surface area contributed by atoms with Gasteiger partial charge in [0.05, 0.1) is 33.7 Å². The highest BCUT2D eigenvalue weighted by molar-refractivity contribution is 7.90. The Bertz CT molecular complexity index is 2970. The number of aromatic amines is 1. The molecule has 5 aromatic rings. The highest BCUT2D eigenvalue weighted by Crippen LogP contribution is 2.54. The zero-order valence-electron chi connectivity index (χ0n) is 40.2. The summed E-state index contributed by atoms with van der Waals surface area (Å²) in [6, 6.07) is 21.1. The van der Waals surface area contributed by atoms with Crippen LogP contribution in [0.4, 0.5) is 28.4 Å². The number of nitrogens with one attached hydrogen (secondary N) is 3. The van der Waals surface area contributed by atoms with Crippen LogP contribution in [0.3, 0.4) is 0 Å². The van der Waals surface area contributed by atoms with Gasteiger partial charge in [0.15, 0.2) is 11.4 Å². The number of piperidine rings is 1. The molecule has 3 N–H and O–H groups in total. The van der Waals surface area contributed by atoms with Gasteiger partial charge in [-0.1, -0.05) is 36.4 Å². The normalized spacial score (nSPS) is 22.9. The fraction of sp³-hybridized carbons (Fsp3) is 0.462. The third-order valence-corrected chi connectivity index (χ3v) is 17.1. The Labute approximate surface area is 409 Å². The molecule has 368 valence electrons. The molecule has 5 aliphatic heterocycles. The number of hydrogen-bond acceptors (Lipinski definition) is 14. The lowest BCUT2D eigenvalue weighted by Crippen LogP contribution is -2.55. The van der Waals surface area contributed by atoms with E-state index in [0.717, 1.165) is 81.4 Å². The van der Waals surface area contributed by atoms with E-state index in [1.807, 2.05) is 36.1 Å². The number of allylic oxidation sites excluding steroid dienone is 1. The van der Waals surface area contributed by atoms with E-state index in [0.29, 0.717) is 48.1 Å². The van der Waals surface area contributed by atoms with E-state index >= 15 is 0 Å². The van der Waals surface area contributed by atoms with Gasteiger partial charge in [0.2, 0.25) is 5.88 Å². The van der Waals surface area contributed by atoms with Crippen molar-refractivity contribution in [1.29, 1.82) is 0 Å². The van der Waals surface area contributed by atoms with Crippen LogP contribution in [0.2, 0.25) is 0 Å². The molecule has 4 fully saturated rings. The van der Waals surface area contributed by atoms with E-state index in [4.69, 9.17) is 14.5 Å². The number of fused-ring (bicyclic) bond motifs is 3. The lowest BCUT2D eigenvalue weighted by Gasteiger charge is -2.56. The summed E-state index contributed by atoms with van der Waals surface area (Å²) in [6.07, 6.45) is 8.32. The molecule has 3 saturated heterocycles. The van der Waals surface area contributed by atoms with Crippen molar-refractivity contribution in [3.63, 3.8) is 0 Å². The van der Waals surface area contributed by atoms with Crippen LogP contribution in [-0.4, -0.2) is 135 Å². The van der Waals surface area contributed by atoms with Crippen molar-refractivity contribution in [2.24, 2.45) is 5.41 Å². The topological polar surface area (TPSA) is 182 Å². The average Bonchev–Trinajstić information content (AvgIpc) is 4.02. The Morgan fingerprint density at radius 3 is 2.54 bits per heavy atom. The zero-order valence-corrected chi connectivity index (χ0v) is 41.0. The summed E-state index contributed by atoms with van der Waals surface area (Å²) in [6.45, 7) is 15.9. The molecule has 0 radical (unpaired) electrons. The molecule has 70 heavy (non-hydrogen) atoms. The molecule has 1 spiro atoms.